The molecule has 0 heterocycles. The van der Waals surface area contributed by atoms with Crippen LogP contribution in [-0.2, 0) is 19.6 Å². The summed E-state index contributed by atoms with van der Waals surface area (Å²) in [7, 11) is -3.66. The number of hydrogen-bond acceptors (Lipinski definition) is 6. The first-order valence-electron chi connectivity index (χ1n) is 8.07. The first-order valence-corrected chi connectivity index (χ1v) is 9.55. The molecule has 2 rings (SSSR count). The number of carbonyl (C=O) groups excluding carboxylic acids is 1. The quantitative estimate of drug-likeness (QED) is 0.545. The van der Waals surface area contributed by atoms with Gasteiger partial charge >= 0.3 is 5.97 Å². The average molecular weight is 355 g/mol. The summed E-state index contributed by atoms with van der Waals surface area (Å²) in [6, 6.07) is 4.06. The average Bonchev–Trinajstić information content (AvgIpc) is 2.49. The Hall–Kier alpha value is -1.80. The van der Waals surface area contributed by atoms with Crippen LogP contribution in [0.3, 0.4) is 0 Å². The molecule has 0 unspecified atom stereocenters. The zero-order valence-electron chi connectivity index (χ0n) is 14.0. The Morgan fingerprint density at radius 2 is 1.79 bits per heavy atom. The molecule has 134 valence electrons. The number of hydrogen-bond donors (Lipinski definition) is 3. The summed E-state index contributed by atoms with van der Waals surface area (Å²) in [5, 5.41) is 0. The Morgan fingerprint density at radius 1 is 1.17 bits per heavy atom. The minimum absolute atomic E-state index is 0.0931. The van der Waals surface area contributed by atoms with E-state index in [2.05, 4.69) is 4.72 Å². The fourth-order valence-corrected chi connectivity index (χ4v) is 4.12. The number of nitrogen functional groups attached to an aromatic ring is 2. The molecule has 5 N–H and O–H groups in total. The number of anilines is 2. The van der Waals surface area contributed by atoms with Crippen LogP contribution in [0.4, 0.5) is 11.4 Å². The van der Waals surface area contributed by atoms with Crippen LogP contribution >= 0.6 is 0 Å². The molecule has 7 nitrogen and oxygen atoms in total. The summed E-state index contributed by atoms with van der Waals surface area (Å²) < 4.78 is 32.7. The van der Waals surface area contributed by atoms with Crippen LogP contribution in [0.15, 0.2) is 23.1 Å². The molecule has 1 saturated carbocycles. The van der Waals surface area contributed by atoms with Crippen molar-refractivity contribution in [1.29, 1.82) is 0 Å². The molecule has 0 radical (unpaired) electrons. The van der Waals surface area contributed by atoms with Gasteiger partial charge in [-0.05, 0) is 57.7 Å². The predicted octanol–water partition coefficient (Wildman–Crippen LogP) is 1.64. The van der Waals surface area contributed by atoms with Crippen molar-refractivity contribution in [3.63, 3.8) is 0 Å². The van der Waals surface area contributed by atoms with Crippen molar-refractivity contribution in [2.45, 2.75) is 56.6 Å². The first kappa shape index (κ1) is 18.5. The van der Waals surface area contributed by atoms with Gasteiger partial charge in [0.1, 0.15) is 0 Å². The van der Waals surface area contributed by atoms with Crippen molar-refractivity contribution in [2.24, 2.45) is 5.92 Å². The van der Waals surface area contributed by atoms with Crippen molar-refractivity contribution in [1.82, 2.24) is 4.72 Å². The number of rotatable bonds is 5. The summed E-state index contributed by atoms with van der Waals surface area (Å²) in [6.45, 7) is 3.63. The van der Waals surface area contributed by atoms with E-state index in [1.807, 2.05) is 13.8 Å². The third-order valence-corrected chi connectivity index (χ3v) is 5.62. The molecule has 1 fully saturated rings. The molecule has 0 aromatic heterocycles. The molecule has 24 heavy (non-hydrogen) atoms. The van der Waals surface area contributed by atoms with Gasteiger partial charge in [-0.3, -0.25) is 4.79 Å². The van der Waals surface area contributed by atoms with Gasteiger partial charge in [0.25, 0.3) is 0 Å². The summed E-state index contributed by atoms with van der Waals surface area (Å²) in [5.74, 6) is -0.349. The van der Waals surface area contributed by atoms with Crippen molar-refractivity contribution in [3.8, 4) is 0 Å². The van der Waals surface area contributed by atoms with Crippen molar-refractivity contribution >= 4 is 27.4 Å². The van der Waals surface area contributed by atoms with Crippen molar-refractivity contribution in [2.75, 3.05) is 11.5 Å². The van der Waals surface area contributed by atoms with Crippen LogP contribution in [0.2, 0.25) is 0 Å². The zero-order valence-corrected chi connectivity index (χ0v) is 14.8. The monoisotopic (exact) mass is 355 g/mol. The summed E-state index contributed by atoms with van der Waals surface area (Å²) in [4.78, 5) is 12.0. The number of esters is 1. The molecule has 0 bridgehead atoms. The number of ether oxygens (including phenoxy) is 1. The highest BCUT2D eigenvalue weighted by Gasteiger charge is 2.30. The first-order chi connectivity index (χ1) is 11.2. The lowest BCUT2D eigenvalue weighted by atomic mass is 9.86. The minimum atomic E-state index is -3.66. The van der Waals surface area contributed by atoms with E-state index in [1.54, 1.807) is 0 Å². The van der Waals surface area contributed by atoms with Gasteiger partial charge in [-0.25, -0.2) is 13.1 Å². The maximum Gasteiger partial charge on any atom is 0.309 e. The van der Waals surface area contributed by atoms with Gasteiger partial charge in [-0.1, -0.05) is 0 Å². The van der Waals surface area contributed by atoms with E-state index < -0.39 is 10.0 Å². The van der Waals surface area contributed by atoms with Gasteiger partial charge in [0.15, 0.2) is 0 Å². The fraction of sp³-hybridized carbons (Fsp3) is 0.562. The lowest BCUT2D eigenvalue weighted by Gasteiger charge is -2.28. The van der Waals surface area contributed by atoms with Crippen LogP contribution in [0.5, 0.6) is 0 Å². The molecular formula is C16H25N3O4S. The Morgan fingerprint density at radius 3 is 2.33 bits per heavy atom. The third-order valence-electron chi connectivity index (χ3n) is 4.10. The van der Waals surface area contributed by atoms with E-state index in [9.17, 15) is 13.2 Å². The smallest absolute Gasteiger partial charge is 0.309 e. The highest BCUT2D eigenvalue weighted by atomic mass is 32.2. The van der Waals surface area contributed by atoms with Crippen molar-refractivity contribution < 1.29 is 17.9 Å². The minimum Gasteiger partial charge on any atom is -0.463 e. The maximum atomic E-state index is 12.4. The van der Waals surface area contributed by atoms with E-state index in [4.69, 9.17) is 16.2 Å². The number of sulfonamides is 1. The van der Waals surface area contributed by atoms with E-state index in [1.165, 1.54) is 18.2 Å². The van der Waals surface area contributed by atoms with E-state index in [-0.39, 0.29) is 34.6 Å². The second-order valence-electron chi connectivity index (χ2n) is 6.45. The number of carbonyl (C=O) groups is 1. The molecule has 0 amide bonds. The molecule has 0 atom stereocenters. The van der Waals surface area contributed by atoms with Crippen molar-refractivity contribution in [3.05, 3.63) is 18.2 Å². The normalized spacial score (nSPS) is 21.6. The van der Waals surface area contributed by atoms with E-state index >= 15 is 0 Å². The fourth-order valence-electron chi connectivity index (χ4n) is 2.78. The topological polar surface area (TPSA) is 125 Å². The van der Waals surface area contributed by atoms with Gasteiger partial charge in [-0.2, -0.15) is 0 Å². The van der Waals surface area contributed by atoms with E-state index in [0.717, 1.165) is 0 Å². The molecule has 0 aliphatic heterocycles. The van der Waals surface area contributed by atoms with Crippen LogP contribution < -0.4 is 16.2 Å². The number of benzene rings is 1. The van der Waals surface area contributed by atoms with Gasteiger partial charge in [0.05, 0.1) is 28.3 Å². The highest BCUT2D eigenvalue weighted by molar-refractivity contribution is 7.89. The number of nitrogens with one attached hydrogen (secondary N) is 1. The van der Waals surface area contributed by atoms with Gasteiger partial charge in [-0.15, -0.1) is 0 Å². The molecule has 8 heteroatoms. The summed E-state index contributed by atoms with van der Waals surface area (Å²) in [6.07, 6.45) is 2.29. The van der Waals surface area contributed by atoms with Crippen LogP contribution in [0, 0.1) is 5.92 Å². The Kier molecular flexibility index (Phi) is 5.71. The largest absolute Gasteiger partial charge is 0.463 e. The third kappa shape index (κ3) is 4.61. The molecule has 1 aromatic rings. The summed E-state index contributed by atoms with van der Waals surface area (Å²) in [5.41, 5.74) is 11.9. The van der Waals surface area contributed by atoms with Crippen LogP contribution in [-0.4, -0.2) is 26.5 Å². The zero-order chi connectivity index (χ0) is 17.9. The lowest BCUT2D eigenvalue weighted by molar-refractivity contribution is -0.153. The number of nitrogens with two attached hydrogens (primary N) is 2. The summed E-state index contributed by atoms with van der Waals surface area (Å²) >= 11 is 0. The van der Waals surface area contributed by atoms with Gasteiger partial charge in [0, 0.05) is 6.04 Å². The molecule has 1 aliphatic rings. The van der Waals surface area contributed by atoms with Crippen LogP contribution in [0.1, 0.15) is 39.5 Å². The Bertz CT molecular complexity index is 695. The standard InChI is InChI=1S/C16H25N3O4S/c1-10(2)23-16(20)11-3-5-12(6-4-11)19-24(21,22)13-7-8-14(17)15(18)9-13/h7-12,19H,3-6,17-18H2,1-2H3. The van der Waals surface area contributed by atoms with Gasteiger partial charge < -0.3 is 16.2 Å². The SMILES string of the molecule is CC(C)OC(=O)C1CCC(NS(=O)(=O)c2ccc(N)c(N)c2)CC1. The second kappa shape index (κ2) is 7.40. The Balaban J connectivity index is 1.95. The lowest BCUT2D eigenvalue weighted by Crippen LogP contribution is -2.39. The molecule has 0 spiro atoms. The highest BCUT2D eigenvalue weighted by Crippen LogP contribution is 2.27. The molecule has 0 saturated heterocycles. The molecule has 1 aliphatic carbocycles. The Labute approximate surface area is 142 Å². The second-order valence-corrected chi connectivity index (χ2v) is 8.16. The maximum absolute atomic E-state index is 12.4. The van der Waals surface area contributed by atoms with Crippen LogP contribution in [0.25, 0.3) is 0 Å². The van der Waals surface area contributed by atoms with E-state index in [0.29, 0.717) is 31.4 Å². The van der Waals surface area contributed by atoms with Gasteiger partial charge in [0.2, 0.25) is 10.0 Å². The molecule has 1 aromatic carbocycles. The predicted molar refractivity (Wildman–Crippen MR) is 92.6 cm³/mol. The molecular weight excluding hydrogens is 330 g/mol.